The average Bonchev–Trinajstić information content (AvgIpc) is 2.25. The van der Waals surface area contributed by atoms with Crippen molar-refractivity contribution in [1.82, 2.24) is 5.32 Å². The molecule has 0 aromatic carbocycles. The fourth-order valence-corrected chi connectivity index (χ4v) is 1.51. The number of carbonyl (C=O) groups excluding carboxylic acids is 1. The molecule has 16 heavy (non-hydrogen) atoms. The van der Waals surface area contributed by atoms with Crippen LogP contribution in [0.2, 0.25) is 0 Å². The first-order valence-electron chi connectivity index (χ1n) is 4.72. The molecule has 0 aromatic rings. The van der Waals surface area contributed by atoms with Crippen LogP contribution in [-0.2, 0) is 9.53 Å². The molecule has 0 aliphatic carbocycles. The number of hydrogen-bond donors (Lipinski definition) is 1. The van der Waals surface area contributed by atoms with E-state index in [1.165, 1.54) is 0 Å². The van der Waals surface area contributed by atoms with Crippen molar-refractivity contribution in [1.29, 1.82) is 0 Å². The molecule has 0 atom stereocenters. The third kappa shape index (κ3) is 4.02. The van der Waals surface area contributed by atoms with Crippen LogP contribution in [-0.4, -0.2) is 31.8 Å². The summed E-state index contributed by atoms with van der Waals surface area (Å²) in [7, 11) is 0. The van der Waals surface area contributed by atoms with Gasteiger partial charge in [-0.25, -0.2) is 4.79 Å². The Morgan fingerprint density at radius 3 is 2.69 bits per heavy atom. The van der Waals surface area contributed by atoms with Crippen LogP contribution in [0.3, 0.4) is 0 Å². The van der Waals surface area contributed by atoms with E-state index in [1.54, 1.807) is 0 Å². The van der Waals surface area contributed by atoms with E-state index in [9.17, 15) is 18.0 Å². The Balaban J connectivity index is 2.45. The van der Waals surface area contributed by atoms with Gasteiger partial charge in [-0.2, -0.15) is 13.2 Å². The van der Waals surface area contributed by atoms with Crippen LogP contribution in [0.15, 0.2) is 10.6 Å². The van der Waals surface area contributed by atoms with Crippen LogP contribution in [0.25, 0.3) is 0 Å². The molecule has 1 aliphatic rings. The van der Waals surface area contributed by atoms with E-state index in [4.69, 9.17) is 11.6 Å². The highest BCUT2D eigenvalue weighted by Gasteiger charge is 2.41. The lowest BCUT2D eigenvalue weighted by molar-refractivity contribution is -0.198. The molecule has 1 aliphatic heterocycles. The maximum atomic E-state index is 11.8. The second kappa shape index (κ2) is 5.54. The summed E-state index contributed by atoms with van der Waals surface area (Å²) in [6.45, 7) is 0.870. The van der Waals surface area contributed by atoms with Gasteiger partial charge in [0.2, 0.25) is 0 Å². The number of alkyl halides is 3. The molecule has 0 amide bonds. The molecule has 0 spiro atoms. The number of piperidine rings is 1. The predicted molar refractivity (Wildman–Crippen MR) is 52.0 cm³/mol. The van der Waals surface area contributed by atoms with Gasteiger partial charge in [0.25, 0.3) is 0 Å². The van der Waals surface area contributed by atoms with E-state index >= 15 is 0 Å². The van der Waals surface area contributed by atoms with Crippen molar-refractivity contribution in [3.63, 3.8) is 0 Å². The molecule has 0 bridgehead atoms. The lowest BCUT2D eigenvalue weighted by Crippen LogP contribution is -2.27. The van der Waals surface area contributed by atoms with Crippen molar-refractivity contribution in [2.75, 3.05) is 19.7 Å². The normalized spacial score (nSPS) is 20.5. The van der Waals surface area contributed by atoms with Crippen LogP contribution in [0.4, 0.5) is 13.2 Å². The molecule has 0 saturated carbocycles. The molecular formula is C9H11ClF3NO2. The zero-order valence-corrected chi connectivity index (χ0v) is 9.12. The van der Waals surface area contributed by atoms with Gasteiger partial charge in [-0.3, -0.25) is 0 Å². The lowest BCUT2D eigenvalue weighted by atomic mass is 10.1. The van der Waals surface area contributed by atoms with E-state index in [2.05, 4.69) is 10.1 Å². The smallest absolute Gasteiger partial charge is 0.453 e. The SMILES string of the molecule is O=C(OC/C(Cl)=C1/CCCNC1)C(F)(F)F. The summed E-state index contributed by atoms with van der Waals surface area (Å²) in [6.07, 6.45) is -3.37. The maximum absolute atomic E-state index is 11.8. The number of rotatable bonds is 2. The van der Waals surface area contributed by atoms with E-state index < -0.39 is 18.8 Å². The summed E-state index contributed by atoms with van der Waals surface area (Å²) < 4.78 is 39.4. The highest BCUT2D eigenvalue weighted by molar-refractivity contribution is 6.30. The number of halogens is 4. The van der Waals surface area contributed by atoms with Crippen LogP contribution >= 0.6 is 11.6 Å². The molecule has 1 saturated heterocycles. The van der Waals surface area contributed by atoms with Gasteiger partial charge in [-0.05, 0) is 25.0 Å². The van der Waals surface area contributed by atoms with Gasteiger partial charge in [0, 0.05) is 6.54 Å². The van der Waals surface area contributed by atoms with E-state index in [-0.39, 0.29) is 5.03 Å². The standard InChI is InChI=1S/C9H11ClF3NO2/c10-7(6-2-1-3-14-4-6)5-16-8(15)9(11,12)13/h14H,1-5H2/b7-6+. The van der Waals surface area contributed by atoms with Crippen LogP contribution in [0.1, 0.15) is 12.8 Å². The monoisotopic (exact) mass is 257 g/mol. The Kier molecular flexibility index (Phi) is 4.61. The lowest BCUT2D eigenvalue weighted by Gasteiger charge is -2.17. The van der Waals surface area contributed by atoms with Gasteiger partial charge in [-0.1, -0.05) is 11.6 Å². The molecule has 1 N–H and O–H groups in total. The first-order valence-corrected chi connectivity index (χ1v) is 5.10. The largest absolute Gasteiger partial charge is 0.490 e. The van der Waals surface area contributed by atoms with E-state index in [0.29, 0.717) is 6.54 Å². The second-order valence-electron chi connectivity index (χ2n) is 3.36. The zero-order valence-electron chi connectivity index (χ0n) is 8.36. The third-order valence-corrected chi connectivity index (χ3v) is 2.49. The van der Waals surface area contributed by atoms with Crippen molar-refractivity contribution < 1.29 is 22.7 Å². The molecule has 92 valence electrons. The Hall–Kier alpha value is -0.750. The van der Waals surface area contributed by atoms with Crippen molar-refractivity contribution in [3.05, 3.63) is 10.6 Å². The Labute approximate surface area is 95.6 Å². The predicted octanol–water partition coefficient (Wildman–Crippen LogP) is 1.97. The summed E-state index contributed by atoms with van der Waals surface area (Å²) in [5, 5.41) is 3.20. The highest BCUT2D eigenvalue weighted by Crippen LogP contribution is 2.20. The molecule has 0 aromatic heterocycles. The van der Waals surface area contributed by atoms with Gasteiger partial charge >= 0.3 is 12.1 Å². The van der Waals surface area contributed by atoms with Gasteiger partial charge in [0.05, 0.1) is 5.03 Å². The van der Waals surface area contributed by atoms with Crippen molar-refractivity contribution >= 4 is 17.6 Å². The van der Waals surface area contributed by atoms with E-state index in [0.717, 1.165) is 25.0 Å². The first-order chi connectivity index (χ1) is 7.41. The number of nitrogens with one attached hydrogen (secondary N) is 1. The fraction of sp³-hybridized carbons (Fsp3) is 0.667. The van der Waals surface area contributed by atoms with E-state index in [1.807, 2.05) is 0 Å². The zero-order chi connectivity index (χ0) is 12.2. The quantitative estimate of drug-likeness (QED) is 0.769. The summed E-state index contributed by atoms with van der Waals surface area (Å²) >= 11 is 5.75. The van der Waals surface area contributed by atoms with Crippen molar-refractivity contribution in [3.8, 4) is 0 Å². The molecule has 1 rings (SSSR count). The number of hydrogen-bond acceptors (Lipinski definition) is 3. The molecule has 0 radical (unpaired) electrons. The molecule has 0 unspecified atom stereocenters. The Morgan fingerprint density at radius 2 is 2.19 bits per heavy atom. The summed E-state index contributed by atoms with van der Waals surface area (Å²) in [6, 6.07) is 0. The molecule has 1 heterocycles. The number of esters is 1. The second-order valence-corrected chi connectivity index (χ2v) is 3.82. The fourth-order valence-electron chi connectivity index (χ4n) is 1.30. The van der Waals surface area contributed by atoms with Crippen LogP contribution < -0.4 is 5.32 Å². The maximum Gasteiger partial charge on any atom is 0.490 e. The number of carbonyl (C=O) groups is 1. The summed E-state index contributed by atoms with van der Waals surface area (Å²) in [5.41, 5.74) is 0.794. The molecule has 7 heteroatoms. The van der Waals surface area contributed by atoms with Gasteiger partial charge in [-0.15, -0.1) is 0 Å². The third-order valence-electron chi connectivity index (χ3n) is 2.12. The Bertz CT molecular complexity index is 294. The van der Waals surface area contributed by atoms with Gasteiger partial charge in [0.1, 0.15) is 6.61 Å². The first kappa shape index (κ1) is 13.3. The van der Waals surface area contributed by atoms with Gasteiger partial charge in [0.15, 0.2) is 0 Å². The van der Waals surface area contributed by atoms with Crippen molar-refractivity contribution in [2.24, 2.45) is 0 Å². The summed E-state index contributed by atoms with van der Waals surface area (Å²) in [5.74, 6) is -2.21. The minimum absolute atomic E-state index is 0.171. The van der Waals surface area contributed by atoms with Gasteiger partial charge < -0.3 is 10.1 Å². The van der Waals surface area contributed by atoms with Crippen LogP contribution in [0, 0.1) is 0 Å². The minimum atomic E-state index is -4.97. The average molecular weight is 258 g/mol. The topological polar surface area (TPSA) is 38.3 Å². The Morgan fingerprint density at radius 1 is 1.50 bits per heavy atom. The van der Waals surface area contributed by atoms with Crippen LogP contribution in [0.5, 0.6) is 0 Å². The summed E-state index contributed by atoms with van der Waals surface area (Å²) in [4.78, 5) is 10.4. The molecule has 1 fully saturated rings. The van der Waals surface area contributed by atoms with Crippen molar-refractivity contribution in [2.45, 2.75) is 19.0 Å². The number of ether oxygens (including phenoxy) is 1. The highest BCUT2D eigenvalue weighted by atomic mass is 35.5. The minimum Gasteiger partial charge on any atom is -0.453 e. The molecule has 3 nitrogen and oxygen atoms in total. The molecular weight excluding hydrogens is 247 g/mol.